The van der Waals surface area contributed by atoms with Gasteiger partial charge in [0, 0.05) is 11.1 Å². The highest BCUT2D eigenvalue weighted by Crippen LogP contribution is 2.29. The predicted molar refractivity (Wildman–Crippen MR) is 112 cm³/mol. The third-order valence-corrected chi connectivity index (χ3v) is 6.16. The van der Waals surface area contributed by atoms with E-state index >= 15 is 0 Å². The summed E-state index contributed by atoms with van der Waals surface area (Å²) in [6.45, 7) is 7.48. The zero-order valence-electron chi connectivity index (χ0n) is 16.3. The number of aryl methyl sites for hydroxylation is 1. The molecule has 0 aliphatic rings. The number of aromatic amines is 1. The molecule has 4 rings (SSSR count). The Morgan fingerprint density at radius 1 is 1.29 bits per heavy atom. The lowest BCUT2D eigenvalue weighted by Crippen LogP contribution is -2.20. The van der Waals surface area contributed by atoms with Gasteiger partial charge in [0.1, 0.15) is 10.7 Å². The standard InChI is InChI=1S/C20H24N6OS/c1-4-12(2)9-14-13(3)28-20-18(14)19(27)22-15(23-20)10-21-11-17-25-24-16-7-5-6-8-26(16)17/h5-8,12,21H,4,9-11H2,1-3H3,(H,22,23,27)/t12-/m0/s1. The Kier molecular flexibility index (Phi) is 5.23. The molecule has 0 spiro atoms. The molecule has 7 nitrogen and oxygen atoms in total. The Balaban J connectivity index is 1.52. The largest absolute Gasteiger partial charge is 0.309 e. The van der Waals surface area contributed by atoms with Gasteiger partial charge in [-0.25, -0.2) is 4.98 Å². The summed E-state index contributed by atoms with van der Waals surface area (Å²) in [6.07, 6.45) is 3.96. The molecule has 28 heavy (non-hydrogen) atoms. The van der Waals surface area contributed by atoms with Gasteiger partial charge in [0.25, 0.3) is 5.56 Å². The number of nitrogens with one attached hydrogen (secondary N) is 2. The molecule has 0 fully saturated rings. The van der Waals surface area contributed by atoms with Crippen LogP contribution in [0.1, 0.15) is 42.4 Å². The van der Waals surface area contributed by atoms with Crippen LogP contribution in [0, 0.1) is 12.8 Å². The smallest absolute Gasteiger partial charge is 0.259 e. The van der Waals surface area contributed by atoms with Crippen LogP contribution in [-0.2, 0) is 19.5 Å². The zero-order chi connectivity index (χ0) is 19.7. The van der Waals surface area contributed by atoms with Gasteiger partial charge in [-0.15, -0.1) is 21.5 Å². The minimum atomic E-state index is -0.0441. The van der Waals surface area contributed by atoms with Crippen molar-refractivity contribution in [3.63, 3.8) is 0 Å². The molecule has 4 heterocycles. The summed E-state index contributed by atoms with van der Waals surface area (Å²) in [5.41, 5.74) is 1.92. The quantitative estimate of drug-likeness (QED) is 0.501. The topological polar surface area (TPSA) is 88.0 Å². The van der Waals surface area contributed by atoms with Crippen molar-refractivity contribution in [2.45, 2.75) is 46.7 Å². The van der Waals surface area contributed by atoms with Crippen molar-refractivity contribution in [1.82, 2.24) is 29.9 Å². The van der Waals surface area contributed by atoms with Gasteiger partial charge in [0.15, 0.2) is 11.5 Å². The van der Waals surface area contributed by atoms with Crippen molar-refractivity contribution in [3.8, 4) is 0 Å². The number of nitrogens with zero attached hydrogens (tertiary/aromatic N) is 4. The van der Waals surface area contributed by atoms with Gasteiger partial charge in [-0.2, -0.15) is 0 Å². The summed E-state index contributed by atoms with van der Waals surface area (Å²) in [4.78, 5) is 22.4. The van der Waals surface area contributed by atoms with Gasteiger partial charge in [-0.1, -0.05) is 26.3 Å². The van der Waals surface area contributed by atoms with Crippen molar-refractivity contribution in [2.24, 2.45) is 5.92 Å². The average Bonchev–Trinajstić information content (AvgIpc) is 3.23. The van der Waals surface area contributed by atoms with E-state index in [4.69, 9.17) is 0 Å². The summed E-state index contributed by atoms with van der Waals surface area (Å²) >= 11 is 1.61. The van der Waals surface area contributed by atoms with E-state index in [1.807, 2.05) is 28.8 Å². The van der Waals surface area contributed by atoms with Crippen molar-refractivity contribution >= 4 is 27.2 Å². The predicted octanol–water partition coefficient (Wildman–Crippen LogP) is 3.21. The first kappa shape index (κ1) is 18.8. The van der Waals surface area contributed by atoms with Crippen LogP contribution >= 0.6 is 11.3 Å². The second-order valence-corrected chi connectivity index (χ2v) is 8.40. The summed E-state index contributed by atoms with van der Waals surface area (Å²) in [5, 5.41) is 12.4. The number of hydrogen-bond donors (Lipinski definition) is 2. The van der Waals surface area contributed by atoms with E-state index in [1.165, 1.54) is 4.88 Å². The van der Waals surface area contributed by atoms with Gasteiger partial charge >= 0.3 is 0 Å². The van der Waals surface area contributed by atoms with Crippen LogP contribution in [-0.4, -0.2) is 24.6 Å². The summed E-state index contributed by atoms with van der Waals surface area (Å²) < 4.78 is 1.94. The highest BCUT2D eigenvalue weighted by atomic mass is 32.1. The highest BCUT2D eigenvalue weighted by Gasteiger charge is 2.16. The molecule has 146 valence electrons. The molecule has 4 aromatic heterocycles. The van der Waals surface area contributed by atoms with Crippen molar-refractivity contribution in [2.75, 3.05) is 0 Å². The molecule has 0 bridgehead atoms. The maximum atomic E-state index is 12.7. The van der Waals surface area contributed by atoms with Gasteiger partial charge in [0.2, 0.25) is 0 Å². The van der Waals surface area contributed by atoms with Gasteiger partial charge in [0.05, 0.1) is 18.5 Å². The van der Waals surface area contributed by atoms with Crippen LogP contribution in [0.25, 0.3) is 15.9 Å². The Morgan fingerprint density at radius 2 is 2.14 bits per heavy atom. The van der Waals surface area contributed by atoms with Crippen molar-refractivity contribution < 1.29 is 0 Å². The number of thiophene rings is 1. The van der Waals surface area contributed by atoms with E-state index in [0.29, 0.717) is 24.8 Å². The molecule has 0 saturated heterocycles. The van der Waals surface area contributed by atoms with E-state index in [-0.39, 0.29) is 5.56 Å². The van der Waals surface area contributed by atoms with Crippen LogP contribution in [0.15, 0.2) is 29.2 Å². The molecular weight excluding hydrogens is 372 g/mol. The van der Waals surface area contributed by atoms with Crippen LogP contribution in [0.4, 0.5) is 0 Å². The maximum absolute atomic E-state index is 12.7. The lowest BCUT2D eigenvalue weighted by atomic mass is 9.98. The lowest BCUT2D eigenvalue weighted by molar-refractivity contribution is 0.561. The fourth-order valence-electron chi connectivity index (χ4n) is 3.35. The van der Waals surface area contributed by atoms with Crippen molar-refractivity contribution in [3.05, 3.63) is 56.8 Å². The number of rotatable bonds is 7. The van der Waals surface area contributed by atoms with Gasteiger partial charge in [-0.05, 0) is 37.0 Å². The van der Waals surface area contributed by atoms with Crippen LogP contribution in [0.2, 0.25) is 0 Å². The van der Waals surface area contributed by atoms with E-state index < -0.39 is 0 Å². The Labute approximate surface area is 166 Å². The van der Waals surface area contributed by atoms with Crippen LogP contribution < -0.4 is 10.9 Å². The first-order valence-corrected chi connectivity index (χ1v) is 10.4. The number of pyridine rings is 1. The Bertz CT molecular complexity index is 1170. The fourth-order valence-corrected chi connectivity index (χ4v) is 4.42. The van der Waals surface area contributed by atoms with Crippen LogP contribution in [0.5, 0.6) is 0 Å². The van der Waals surface area contributed by atoms with E-state index in [2.05, 4.69) is 46.3 Å². The minimum absolute atomic E-state index is 0.0441. The zero-order valence-corrected chi connectivity index (χ0v) is 17.1. The van der Waals surface area contributed by atoms with E-state index in [0.717, 1.165) is 40.1 Å². The molecule has 0 saturated carbocycles. The summed E-state index contributed by atoms with van der Waals surface area (Å²) in [7, 11) is 0. The van der Waals surface area contributed by atoms with Gasteiger partial charge in [-0.3, -0.25) is 9.20 Å². The van der Waals surface area contributed by atoms with Gasteiger partial charge < -0.3 is 10.3 Å². The maximum Gasteiger partial charge on any atom is 0.259 e. The Morgan fingerprint density at radius 3 is 2.96 bits per heavy atom. The normalized spacial score (nSPS) is 12.8. The molecule has 0 radical (unpaired) electrons. The third-order valence-electron chi connectivity index (χ3n) is 5.12. The number of aromatic nitrogens is 5. The molecule has 2 N–H and O–H groups in total. The SMILES string of the molecule is CC[C@H](C)Cc1c(C)sc2nc(CNCc3nnc4ccccn34)[nH]c(=O)c12. The summed E-state index contributed by atoms with van der Waals surface area (Å²) in [5.74, 6) is 2.01. The molecule has 0 unspecified atom stereocenters. The average molecular weight is 397 g/mol. The molecule has 0 aliphatic heterocycles. The second kappa shape index (κ2) is 7.81. The van der Waals surface area contributed by atoms with E-state index in [9.17, 15) is 4.79 Å². The molecule has 0 aliphatic carbocycles. The third kappa shape index (κ3) is 3.57. The first-order chi connectivity index (χ1) is 13.6. The monoisotopic (exact) mass is 396 g/mol. The first-order valence-electron chi connectivity index (χ1n) is 9.57. The number of H-pyrrole nitrogens is 1. The number of hydrogen-bond acceptors (Lipinski definition) is 6. The summed E-state index contributed by atoms with van der Waals surface area (Å²) in [6, 6.07) is 5.80. The second-order valence-electron chi connectivity index (χ2n) is 7.20. The molecular formula is C20H24N6OS. The number of fused-ring (bicyclic) bond motifs is 2. The highest BCUT2D eigenvalue weighted by molar-refractivity contribution is 7.18. The van der Waals surface area contributed by atoms with E-state index in [1.54, 1.807) is 11.3 Å². The minimum Gasteiger partial charge on any atom is -0.309 e. The molecule has 8 heteroatoms. The molecule has 4 aromatic rings. The Hall–Kier alpha value is -2.58. The molecule has 0 aromatic carbocycles. The molecule has 0 amide bonds. The van der Waals surface area contributed by atoms with Crippen LogP contribution in [0.3, 0.4) is 0 Å². The fraction of sp³-hybridized carbons (Fsp3) is 0.400. The van der Waals surface area contributed by atoms with Crippen molar-refractivity contribution in [1.29, 1.82) is 0 Å². The molecule has 1 atom stereocenters. The lowest BCUT2D eigenvalue weighted by Gasteiger charge is -2.08.